The molecule has 1 aliphatic heterocycles. The summed E-state index contributed by atoms with van der Waals surface area (Å²) in [4.78, 5) is 11.0. The van der Waals surface area contributed by atoms with Gasteiger partial charge in [0.15, 0.2) is 0 Å². The summed E-state index contributed by atoms with van der Waals surface area (Å²) >= 11 is 0. The Morgan fingerprint density at radius 1 is 1.17 bits per heavy atom. The minimum atomic E-state index is -0.339. The predicted octanol–water partition coefficient (Wildman–Crippen LogP) is 4.56. The summed E-state index contributed by atoms with van der Waals surface area (Å²) in [5.41, 5.74) is 2.59. The zero-order valence-corrected chi connectivity index (χ0v) is 12.3. The lowest BCUT2D eigenvalue weighted by atomic mass is 9.76. The van der Waals surface area contributed by atoms with Crippen molar-refractivity contribution in [3.05, 3.63) is 81.7 Å². The van der Waals surface area contributed by atoms with Crippen molar-refractivity contribution < 1.29 is 9.31 Å². The van der Waals surface area contributed by atoms with Gasteiger partial charge in [0.1, 0.15) is 5.82 Å². The predicted molar refractivity (Wildman–Crippen MR) is 85.8 cm³/mol. The Morgan fingerprint density at radius 2 is 2.00 bits per heavy atom. The summed E-state index contributed by atoms with van der Waals surface area (Å²) < 4.78 is 13.6. The Bertz CT molecular complexity index is 818. The van der Waals surface area contributed by atoms with Gasteiger partial charge in [0.05, 0.1) is 16.5 Å². The van der Waals surface area contributed by atoms with Crippen LogP contribution in [-0.2, 0) is 0 Å². The lowest BCUT2D eigenvalue weighted by molar-refractivity contribution is -0.385. The van der Waals surface area contributed by atoms with Crippen LogP contribution >= 0.6 is 0 Å². The minimum absolute atomic E-state index is 0.0896. The minimum Gasteiger partial charge on any atom is -0.377 e. The first-order chi connectivity index (χ1) is 11.1. The van der Waals surface area contributed by atoms with Crippen LogP contribution in [0.15, 0.2) is 54.6 Å². The maximum Gasteiger partial charge on any atom is 0.274 e. The summed E-state index contributed by atoms with van der Waals surface area (Å²) in [5, 5.41) is 14.8. The van der Waals surface area contributed by atoms with Gasteiger partial charge in [-0.2, -0.15) is 0 Å². The molecular formula is C18H15FN2O2. The van der Waals surface area contributed by atoms with Crippen LogP contribution in [0.2, 0.25) is 0 Å². The first-order valence-corrected chi connectivity index (χ1v) is 7.61. The molecule has 2 aromatic rings. The molecule has 4 rings (SSSR count). The summed E-state index contributed by atoms with van der Waals surface area (Å²) in [6.07, 6.45) is 4.99. The Hall–Kier alpha value is -2.69. The Balaban J connectivity index is 1.83. The normalized spacial score (nSPS) is 24.7. The number of para-hydroxylation sites is 1. The molecule has 23 heavy (non-hydrogen) atoms. The molecule has 2 aliphatic rings. The monoisotopic (exact) mass is 310 g/mol. The fraction of sp³-hybridized carbons (Fsp3) is 0.222. The molecule has 1 aliphatic carbocycles. The molecule has 1 heterocycles. The van der Waals surface area contributed by atoms with Gasteiger partial charge < -0.3 is 5.32 Å². The number of benzene rings is 2. The summed E-state index contributed by atoms with van der Waals surface area (Å²) in [6, 6.07) is 11.4. The second kappa shape index (κ2) is 5.19. The van der Waals surface area contributed by atoms with E-state index in [-0.39, 0.29) is 34.3 Å². The maximum absolute atomic E-state index is 13.6. The molecule has 0 bridgehead atoms. The third-order valence-corrected chi connectivity index (χ3v) is 4.79. The van der Waals surface area contributed by atoms with Crippen molar-refractivity contribution in [3.8, 4) is 0 Å². The van der Waals surface area contributed by atoms with Gasteiger partial charge in [0, 0.05) is 17.7 Å². The lowest BCUT2D eigenvalue weighted by Crippen LogP contribution is -2.29. The van der Waals surface area contributed by atoms with Crippen LogP contribution in [0.3, 0.4) is 0 Å². The average molecular weight is 310 g/mol. The van der Waals surface area contributed by atoms with E-state index in [4.69, 9.17) is 0 Å². The fourth-order valence-electron chi connectivity index (χ4n) is 3.79. The van der Waals surface area contributed by atoms with E-state index in [2.05, 4.69) is 17.5 Å². The van der Waals surface area contributed by atoms with Gasteiger partial charge in [-0.15, -0.1) is 0 Å². The first-order valence-electron chi connectivity index (χ1n) is 7.61. The van der Waals surface area contributed by atoms with Crippen molar-refractivity contribution in [1.29, 1.82) is 0 Å². The van der Waals surface area contributed by atoms with Gasteiger partial charge in [-0.3, -0.25) is 10.1 Å². The summed E-state index contributed by atoms with van der Waals surface area (Å²) in [5.74, 6) is -0.00842. The summed E-state index contributed by atoms with van der Waals surface area (Å²) in [6.45, 7) is 0. The van der Waals surface area contributed by atoms with Crippen LogP contribution in [-0.4, -0.2) is 4.92 Å². The molecule has 0 unspecified atom stereocenters. The van der Waals surface area contributed by atoms with E-state index in [1.165, 1.54) is 12.1 Å². The largest absolute Gasteiger partial charge is 0.377 e. The fourth-order valence-corrected chi connectivity index (χ4v) is 3.79. The SMILES string of the molecule is O=[N+]([O-])c1ccccc1[C@@H]1Nc2ccc(F)cc2[C@@H]2C=CC[C@H]21. The van der Waals surface area contributed by atoms with Crippen LogP contribution in [0, 0.1) is 21.8 Å². The number of fused-ring (bicyclic) bond motifs is 3. The average Bonchev–Trinajstić information content (AvgIpc) is 3.04. The van der Waals surface area contributed by atoms with Crippen molar-refractivity contribution >= 4 is 11.4 Å². The van der Waals surface area contributed by atoms with Gasteiger partial charge >= 0.3 is 0 Å². The molecular weight excluding hydrogens is 295 g/mol. The smallest absolute Gasteiger partial charge is 0.274 e. The maximum atomic E-state index is 13.6. The number of nitro benzene ring substituents is 1. The number of hydrogen-bond acceptors (Lipinski definition) is 3. The molecule has 0 spiro atoms. The molecule has 2 aromatic carbocycles. The number of hydrogen-bond donors (Lipinski definition) is 1. The van der Waals surface area contributed by atoms with E-state index in [0.717, 1.165) is 17.7 Å². The first kappa shape index (κ1) is 13.9. The number of nitrogens with zero attached hydrogens (tertiary/aromatic N) is 1. The third-order valence-electron chi connectivity index (χ3n) is 4.79. The molecule has 5 heteroatoms. The Labute approximate surface area is 132 Å². The molecule has 1 N–H and O–H groups in total. The topological polar surface area (TPSA) is 55.2 Å². The highest BCUT2D eigenvalue weighted by Gasteiger charge is 2.40. The second-order valence-electron chi connectivity index (χ2n) is 6.02. The van der Waals surface area contributed by atoms with Crippen molar-refractivity contribution in [2.45, 2.75) is 18.4 Å². The molecule has 0 fully saturated rings. The van der Waals surface area contributed by atoms with E-state index in [9.17, 15) is 14.5 Å². The zero-order chi connectivity index (χ0) is 16.0. The van der Waals surface area contributed by atoms with Gasteiger partial charge in [0.25, 0.3) is 5.69 Å². The van der Waals surface area contributed by atoms with E-state index in [1.807, 2.05) is 6.07 Å². The van der Waals surface area contributed by atoms with Gasteiger partial charge in [-0.25, -0.2) is 4.39 Å². The summed E-state index contributed by atoms with van der Waals surface area (Å²) in [7, 11) is 0. The van der Waals surface area contributed by atoms with E-state index < -0.39 is 0 Å². The highest BCUT2D eigenvalue weighted by molar-refractivity contribution is 5.61. The highest BCUT2D eigenvalue weighted by Crippen LogP contribution is 2.51. The van der Waals surface area contributed by atoms with E-state index in [0.29, 0.717) is 5.56 Å². The molecule has 0 radical (unpaired) electrons. The van der Waals surface area contributed by atoms with Crippen molar-refractivity contribution in [1.82, 2.24) is 0 Å². The molecule has 116 valence electrons. The Kier molecular flexibility index (Phi) is 3.15. The standard InChI is InChI=1S/C18H15FN2O2/c19-11-8-9-16-15(10-11)12-5-3-6-13(12)18(20-16)14-4-1-2-7-17(14)21(22)23/h1-5,7-10,12-13,18,20H,6H2/t12-,13-,18-/m1/s1. The van der Waals surface area contributed by atoms with E-state index in [1.54, 1.807) is 24.3 Å². The second-order valence-corrected chi connectivity index (χ2v) is 6.02. The van der Waals surface area contributed by atoms with Gasteiger partial charge in [0.2, 0.25) is 0 Å². The van der Waals surface area contributed by atoms with E-state index >= 15 is 0 Å². The van der Waals surface area contributed by atoms with Gasteiger partial charge in [-0.05, 0) is 36.1 Å². The molecule has 0 saturated carbocycles. The number of nitrogens with one attached hydrogen (secondary N) is 1. The quantitative estimate of drug-likeness (QED) is 0.502. The zero-order valence-electron chi connectivity index (χ0n) is 12.3. The molecule has 0 amide bonds. The van der Waals surface area contributed by atoms with Crippen LogP contribution in [0.25, 0.3) is 0 Å². The molecule has 0 saturated heterocycles. The van der Waals surface area contributed by atoms with Gasteiger partial charge in [-0.1, -0.05) is 30.4 Å². The lowest BCUT2D eigenvalue weighted by Gasteiger charge is -2.37. The van der Waals surface area contributed by atoms with Crippen molar-refractivity contribution in [2.24, 2.45) is 5.92 Å². The number of rotatable bonds is 2. The Morgan fingerprint density at radius 3 is 2.83 bits per heavy atom. The van der Waals surface area contributed by atoms with Crippen LogP contribution in [0.4, 0.5) is 15.8 Å². The number of anilines is 1. The third kappa shape index (κ3) is 2.20. The number of allylic oxidation sites excluding steroid dienone is 2. The van der Waals surface area contributed by atoms with Crippen molar-refractivity contribution in [2.75, 3.05) is 5.32 Å². The highest BCUT2D eigenvalue weighted by atomic mass is 19.1. The number of nitro groups is 1. The number of halogens is 1. The van der Waals surface area contributed by atoms with Crippen LogP contribution in [0.5, 0.6) is 0 Å². The van der Waals surface area contributed by atoms with Crippen LogP contribution < -0.4 is 5.32 Å². The molecule has 3 atom stereocenters. The van der Waals surface area contributed by atoms with Crippen molar-refractivity contribution in [3.63, 3.8) is 0 Å². The molecule has 4 nitrogen and oxygen atoms in total. The van der Waals surface area contributed by atoms with Crippen LogP contribution in [0.1, 0.15) is 29.5 Å². The molecule has 0 aromatic heterocycles.